The highest BCUT2D eigenvalue weighted by Crippen LogP contribution is 2.41. The Balaban J connectivity index is 2.07. The van der Waals surface area contributed by atoms with Crippen molar-refractivity contribution in [1.82, 2.24) is 4.98 Å². The Bertz CT molecular complexity index is 391. The Morgan fingerprint density at radius 2 is 1.94 bits per heavy atom. The lowest BCUT2D eigenvalue weighted by atomic mass is 9.69. The molecule has 1 aromatic heterocycles. The van der Waals surface area contributed by atoms with Crippen LogP contribution in [-0.4, -0.2) is 15.7 Å². The fraction of sp³-hybridized carbons (Fsp3) is 0.643. The van der Waals surface area contributed by atoms with Gasteiger partial charge in [-0.15, -0.1) is 0 Å². The second kappa shape index (κ2) is 4.30. The van der Waals surface area contributed by atoms with Gasteiger partial charge in [0, 0.05) is 24.5 Å². The number of rotatable bonds is 2. The molecule has 1 heterocycles. The lowest BCUT2D eigenvalue weighted by molar-refractivity contribution is -0.0250. The minimum Gasteiger partial charge on any atom is -0.398 e. The molecule has 0 aromatic carbocycles. The van der Waals surface area contributed by atoms with Crippen molar-refractivity contribution in [2.45, 2.75) is 51.6 Å². The average Bonchev–Trinajstić information content (AvgIpc) is 2.27. The second-order valence-corrected chi connectivity index (χ2v) is 6.14. The Hall–Kier alpha value is -1.09. The van der Waals surface area contributed by atoms with E-state index >= 15 is 0 Å². The molecule has 0 radical (unpaired) electrons. The van der Waals surface area contributed by atoms with E-state index in [2.05, 4.69) is 18.8 Å². The maximum Gasteiger partial charge on any atom is 0.0689 e. The highest BCUT2D eigenvalue weighted by atomic mass is 16.3. The van der Waals surface area contributed by atoms with Crippen LogP contribution < -0.4 is 5.73 Å². The van der Waals surface area contributed by atoms with E-state index in [1.165, 1.54) is 0 Å². The smallest absolute Gasteiger partial charge is 0.0689 e. The third-order valence-corrected chi connectivity index (χ3v) is 4.00. The lowest BCUT2D eigenvalue weighted by Gasteiger charge is -2.40. The Morgan fingerprint density at radius 3 is 2.53 bits per heavy atom. The van der Waals surface area contributed by atoms with Crippen molar-refractivity contribution in [3.8, 4) is 0 Å². The molecule has 1 aliphatic carbocycles. The van der Waals surface area contributed by atoms with E-state index in [-0.39, 0.29) is 0 Å². The Kier molecular flexibility index (Phi) is 3.13. The molecule has 0 amide bonds. The van der Waals surface area contributed by atoms with E-state index in [0.29, 0.717) is 11.8 Å². The zero-order valence-corrected chi connectivity index (χ0v) is 10.7. The van der Waals surface area contributed by atoms with E-state index < -0.39 is 5.60 Å². The van der Waals surface area contributed by atoms with Gasteiger partial charge < -0.3 is 10.8 Å². The number of nitrogens with zero attached hydrogens (tertiary/aromatic N) is 1. The standard InChI is InChI=1S/C14H22N2O/c1-13(2)4-6-14(17,7-5-13)9-11-10-16-8-3-12(11)15/h3,8,10,17H,4-7,9H2,1-2H3,(H2,15,16). The van der Waals surface area contributed by atoms with Crippen molar-refractivity contribution in [2.75, 3.05) is 5.73 Å². The van der Waals surface area contributed by atoms with Crippen LogP contribution in [-0.2, 0) is 6.42 Å². The molecule has 1 aromatic rings. The van der Waals surface area contributed by atoms with Crippen LogP contribution in [0.4, 0.5) is 5.69 Å². The highest BCUT2D eigenvalue weighted by Gasteiger charge is 2.36. The quantitative estimate of drug-likeness (QED) is 0.826. The van der Waals surface area contributed by atoms with E-state index in [0.717, 1.165) is 36.9 Å². The zero-order valence-electron chi connectivity index (χ0n) is 10.7. The first kappa shape index (κ1) is 12.4. The summed E-state index contributed by atoms with van der Waals surface area (Å²) in [7, 11) is 0. The molecule has 0 bridgehead atoms. The molecular formula is C14H22N2O. The number of anilines is 1. The van der Waals surface area contributed by atoms with Gasteiger partial charge in [0.1, 0.15) is 0 Å². The van der Waals surface area contributed by atoms with Crippen molar-refractivity contribution in [3.05, 3.63) is 24.0 Å². The molecule has 0 spiro atoms. The van der Waals surface area contributed by atoms with Crippen LogP contribution in [0.3, 0.4) is 0 Å². The largest absolute Gasteiger partial charge is 0.398 e. The van der Waals surface area contributed by atoms with E-state index in [1.54, 1.807) is 18.5 Å². The van der Waals surface area contributed by atoms with Gasteiger partial charge in [0.25, 0.3) is 0 Å². The minimum atomic E-state index is -0.591. The van der Waals surface area contributed by atoms with Crippen LogP contribution >= 0.6 is 0 Å². The van der Waals surface area contributed by atoms with Gasteiger partial charge >= 0.3 is 0 Å². The fourth-order valence-corrected chi connectivity index (χ4v) is 2.51. The van der Waals surface area contributed by atoms with Gasteiger partial charge in [-0.3, -0.25) is 4.98 Å². The monoisotopic (exact) mass is 234 g/mol. The van der Waals surface area contributed by atoms with Gasteiger partial charge in [-0.2, -0.15) is 0 Å². The molecule has 94 valence electrons. The molecule has 1 saturated carbocycles. The molecule has 0 atom stereocenters. The van der Waals surface area contributed by atoms with Crippen LogP contribution in [0.15, 0.2) is 18.5 Å². The topological polar surface area (TPSA) is 59.1 Å². The van der Waals surface area contributed by atoms with Crippen molar-refractivity contribution in [3.63, 3.8) is 0 Å². The number of aliphatic hydroxyl groups is 1. The van der Waals surface area contributed by atoms with Gasteiger partial charge in [-0.1, -0.05) is 13.8 Å². The summed E-state index contributed by atoms with van der Waals surface area (Å²) in [5.74, 6) is 0. The van der Waals surface area contributed by atoms with Gasteiger partial charge in [0.05, 0.1) is 5.60 Å². The molecular weight excluding hydrogens is 212 g/mol. The first-order valence-corrected chi connectivity index (χ1v) is 6.31. The third kappa shape index (κ3) is 2.97. The van der Waals surface area contributed by atoms with E-state index in [4.69, 9.17) is 5.73 Å². The Labute approximate surface area is 103 Å². The Morgan fingerprint density at radius 1 is 1.29 bits per heavy atom. The van der Waals surface area contributed by atoms with Crippen molar-refractivity contribution >= 4 is 5.69 Å². The highest BCUT2D eigenvalue weighted by molar-refractivity contribution is 5.45. The molecule has 0 aliphatic heterocycles. The van der Waals surface area contributed by atoms with Crippen molar-refractivity contribution in [1.29, 1.82) is 0 Å². The summed E-state index contributed by atoms with van der Waals surface area (Å²) >= 11 is 0. The third-order valence-electron chi connectivity index (χ3n) is 4.00. The summed E-state index contributed by atoms with van der Waals surface area (Å²) in [4.78, 5) is 4.08. The fourth-order valence-electron chi connectivity index (χ4n) is 2.51. The molecule has 0 saturated heterocycles. The number of aromatic nitrogens is 1. The number of nitrogens with two attached hydrogens (primary N) is 1. The predicted molar refractivity (Wildman–Crippen MR) is 69.6 cm³/mol. The summed E-state index contributed by atoms with van der Waals surface area (Å²) in [6.07, 6.45) is 7.94. The van der Waals surface area contributed by atoms with Crippen LogP contribution in [0.5, 0.6) is 0 Å². The first-order chi connectivity index (χ1) is 7.90. The summed E-state index contributed by atoms with van der Waals surface area (Å²) in [6.45, 7) is 4.54. The number of hydrogen-bond donors (Lipinski definition) is 2. The normalized spacial score (nSPS) is 22.3. The molecule has 0 unspecified atom stereocenters. The van der Waals surface area contributed by atoms with Crippen LogP contribution in [0.25, 0.3) is 0 Å². The van der Waals surface area contributed by atoms with Gasteiger partial charge in [-0.25, -0.2) is 0 Å². The number of nitrogen functional groups attached to an aromatic ring is 1. The van der Waals surface area contributed by atoms with Gasteiger partial charge in [0.2, 0.25) is 0 Å². The molecule has 1 aliphatic rings. The molecule has 1 fully saturated rings. The maximum absolute atomic E-state index is 10.6. The maximum atomic E-state index is 10.6. The summed E-state index contributed by atoms with van der Waals surface area (Å²) in [5.41, 5.74) is 7.38. The molecule has 3 N–H and O–H groups in total. The van der Waals surface area contributed by atoms with Crippen molar-refractivity contribution in [2.24, 2.45) is 5.41 Å². The molecule has 3 nitrogen and oxygen atoms in total. The lowest BCUT2D eigenvalue weighted by Crippen LogP contribution is -2.38. The molecule has 17 heavy (non-hydrogen) atoms. The number of hydrogen-bond acceptors (Lipinski definition) is 3. The van der Waals surface area contributed by atoms with Gasteiger partial charge in [0.15, 0.2) is 0 Å². The minimum absolute atomic E-state index is 0.368. The van der Waals surface area contributed by atoms with Gasteiger partial charge in [-0.05, 0) is 42.7 Å². The van der Waals surface area contributed by atoms with E-state index in [1.807, 2.05) is 0 Å². The molecule has 2 rings (SSSR count). The SMILES string of the molecule is CC1(C)CCC(O)(Cc2cnccc2N)CC1. The average molecular weight is 234 g/mol. The predicted octanol–water partition coefficient (Wildman–Crippen LogP) is 2.54. The van der Waals surface area contributed by atoms with Crippen LogP contribution in [0.2, 0.25) is 0 Å². The van der Waals surface area contributed by atoms with Crippen molar-refractivity contribution < 1.29 is 5.11 Å². The summed E-state index contributed by atoms with van der Waals surface area (Å²) < 4.78 is 0. The molecule has 3 heteroatoms. The zero-order chi connectivity index (χ0) is 12.5. The number of pyridine rings is 1. The first-order valence-electron chi connectivity index (χ1n) is 6.31. The van der Waals surface area contributed by atoms with Crippen LogP contribution in [0, 0.1) is 5.41 Å². The summed E-state index contributed by atoms with van der Waals surface area (Å²) in [6, 6.07) is 1.80. The second-order valence-electron chi connectivity index (χ2n) is 6.14. The van der Waals surface area contributed by atoms with E-state index in [9.17, 15) is 5.11 Å². The summed E-state index contributed by atoms with van der Waals surface area (Å²) in [5, 5.41) is 10.6. The van der Waals surface area contributed by atoms with Crippen LogP contribution in [0.1, 0.15) is 45.1 Å².